The van der Waals surface area contributed by atoms with E-state index in [1.54, 1.807) is 14.2 Å². The molecule has 0 fully saturated rings. The quantitative estimate of drug-likeness (QED) is 0.773. The molecule has 16 heavy (non-hydrogen) atoms. The molecule has 2 heteroatoms. The topological polar surface area (TPSA) is 18.5 Å². The van der Waals surface area contributed by atoms with E-state index in [9.17, 15) is 0 Å². The van der Waals surface area contributed by atoms with Crippen molar-refractivity contribution < 1.29 is 9.47 Å². The molecule has 2 rings (SSSR count). The van der Waals surface area contributed by atoms with Crippen LogP contribution in [0.3, 0.4) is 0 Å². The van der Waals surface area contributed by atoms with Gasteiger partial charge < -0.3 is 9.47 Å². The Morgan fingerprint density at radius 3 is 2.50 bits per heavy atom. The Bertz CT molecular complexity index is 406. The normalized spacial score (nSPS) is 24.0. The molecule has 0 radical (unpaired) electrons. The number of methoxy groups -OCH3 is 2. The Morgan fingerprint density at radius 2 is 1.88 bits per heavy atom. The highest BCUT2D eigenvalue weighted by Crippen LogP contribution is 2.36. The minimum Gasteiger partial charge on any atom is -0.501 e. The zero-order valence-electron chi connectivity index (χ0n) is 9.64. The largest absolute Gasteiger partial charge is 0.501 e. The lowest BCUT2D eigenvalue weighted by molar-refractivity contribution is 0.0164. The Hall–Kier alpha value is -1.54. The molecule has 1 aromatic rings. The maximum Gasteiger partial charge on any atom is 0.118 e. The molecule has 0 saturated heterocycles. The third kappa shape index (κ3) is 1.89. The summed E-state index contributed by atoms with van der Waals surface area (Å²) in [6, 6.07) is 10.2. The van der Waals surface area contributed by atoms with Crippen molar-refractivity contribution in [1.82, 2.24) is 0 Å². The first-order valence-electron chi connectivity index (χ1n) is 5.34. The zero-order chi connectivity index (χ0) is 11.4. The third-order valence-corrected chi connectivity index (χ3v) is 2.97. The summed E-state index contributed by atoms with van der Waals surface area (Å²) in [7, 11) is 3.42. The highest BCUT2D eigenvalue weighted by atomic mass is 16.5. The SMILES string of the molecule is COC1=CC=CC(OC)(c2ccccc2)C1. The van der Waals surface area contributed by atoms with Crippen molar-refractivity contribution >= 4 is 0 Å². The molecule has 1 unspecified atom stereocenters. The van der Waals surface area contributed by atoms with E-state index < -0.39 is 0 Å². The Kier molecular flexibility index (Phi) is 3.11. The minimum absolute atomic E-state index is 0.388. The molecular formula is C14H16O2. The second-order valence-corrected chi connectivity index (χ2v) is 3.83. The lowest BCUT2D eigenvalue weighted by Gasteiger charge is -2.32. The van der Waals surface area contributed by atoms with Gasteiger partial charge in [-0.05, 0) is 17.7 Å². The smallest absolute Gasteiger partial charge is 0.118 e. The minimum atomic E-state index is -0.388. The molecule has 0 bridgehead atoms. The van der Waals surface area contributed by atoms with Crippen LogP contribution in [-0.4, -0.2) is 14.2 Å². The van der Waals surface area contributed by atoms with Crippen LogP contribution in [0.1, 0.15) is 12.0 Å². The van der Waals surface area contributed by atoms with Gasteiger partial charge in [-0.25, -0.2) is 0 Å². The van der Waals surface area contributed by atoms with Gasteiger partial charge in [0.1, 0.15) is 5.60 Å². The first-order valence-corrected chi connectivity index (χ1v) is 5.34. The molecule has 0 aromatic heterocycles. The van der Waals surface area contributed by atoms with Crippen LogP contribution in [0.4, 0.5) is 0 Å². The van der Waals surface area contributed by atoms with Crippen molar-refractivity contribution in [1.29, 1.82) is 0 Å². The molecule has 1 atom stereocenters. The Labute approximate surface area is 96.2 Å². The van der Waals surface area contributed by atoms with E-state index in [1.165, 1.54) is 0 Å². The van der Waals surface area contributed by atoms with Gasteiger partial charge in [-0.1, -0.05) is 36.4 Å². The fourth-order valence-corrected chi connectivity index (χ4v) is 2.00. The molecule has 1 aliphatic rings. The van der Waals surface area contributed by atoms with Crippen molar-refractivity contribution in [3.63, 3.8) is 0 Å². The van der Waals surface area contributed by atoms with Gasteiger partial charge in [0.05, 0.1) is 12.9 Å². The van der Waals surface area contributed by atoms with Crippen molar-refractivity contribution in [2.24, 2.45) is 0 Å². The van der Waals surface area contributed by atoms with Crippen LogP contribution in [0, 0.1) is 0 Å². The predicted molar refractivity (Wildman–Crippen MR) is 64.0 cm³/mol. The van der Waals surface area contributed by atoms with E-state index in [0.29, 0.717) is 0 Å². The standard InChI is InChI=1S/C14H16O2/c1-15-13-9-6-10-14(11-13,16-2)12-7-4-3-5-8-12/h3-10H,11H2,1-2H3. The van der Waals surface area contributed by atoms with Gasteiger partial charge in [0.25, 0.3) is 0 Å². The third-order valence-electron chi connectivity index (χ3n) is 2.97. The van der Waals surface area contributed by atoms with E-state index in [4.69, 9.17) is 9.47 Å². The molecule has 84 valence electrons. The first kappa shape index (κ1) is 11.0. The van der Waals surface area contributed by atoms with Gasteiger partial charge in [-0.3, -0.25) is 0 Å². The number of allylic oxidation sites excluding steroid dienone is 2. The summed E-state index contributed by atoms with van der Waals surface area (Å²) in [6.07, 6.45) is 6.77. The number of ether oxygens (including phenoxy) is 2. The molecule has 2 nitrogen and oxygen atoms in total. The van der Waals surface area contributed by atoms with Crippen molar-refractivity contribution in [2.75, 3.05) is 14.2 Å². The fourth-order valence-electron chi connectivity index (χ4n) is 2.00. The molecular weight excluding hydrogens is 200 g/mol. The molecule has 1 aliphatic carbocycles. The van der Waals surface area contributed by atoms with E-state index >= 15 is 0 Å². The molecule has 0 heterocycles. The summed E-state index contributed by atoms with van der Waals surface area (Å²) in [6.45, 7) is 0. The molecule has 0 saturated carbocycles. The van der Waals surface area contributed by atoms with E-state index in [1.807, 2.05) is 30.4 Å². The van der Waals surface area contributed by atoms with Crippen LogP contribution in [0.2, 0.25) is 0 Å². The van der Waals surface area contributed by atoms with Crippen molar-refractivity contribution in [2.45, 2.75) is 12.0 Å². The van der Waals surface area contributed by atoms with Gasteiger partial charge in [-0.15, -0.1) is 0 Å². The summed E-state index contributed by atoms with van der Waals surface area (Å²) in [5, 5.41) is 0. The summed E-state index contributed by atoms with van der Waals surface area (Å²) in [4.78, 5) is 0. The summed E-state index contributed by atoms with van der Waals surface area (Å²) in [5.41, 5.74) is 0.762. The maximum atomic E-state index is 5.69. The van der Waals surface area contributed by atoms with Crippen LogP contribution in [-0.2, 0) is 15.1 Å². The monoisotopic (exact) mass is 216 g/mol. The highest BCUT2D eigenvalue weighted by molar-refractivity contribution is 5.34. The summed E-state index contributed by atoms with van der Waals surface area (Å²) < 4.78 is 11.0. The average Bonchev–Trinajstić information content (AvgIpc) is 2.39. The molecule has 0 amide bonds. The second-order valence-electron chi connectivity index (χ2n) is 3.83. The number of benzene rings is 1. The van der Waals surface area contributed by atoms with E-state index in [0.717, 1.165) is 17.7 Å². The first-order chi connectivity index (χ1) is 7.80. The summed E-state index contributed by atoms with van der Waals surface area (Å²) >= 11 is 0. The van der Waals surface area contributed by atoms with Crippen LogP contribution in [0.25, 0.3) is 0 Å². The van der Waals surface area contributed by atoms with Gasteiger partial charge in [0.15, 0.2) is 0 Å². The zero-order valence-corrected chi connectivity index (χ0v) is 9.64. The molecule has 0 N–H and O–H groups in total. The number of rotatable bonds is 3. The van der Waals surface area contributed by atoms with Crippen LogP contribution in [0.15, 0.2) is 54.3 Å². The van der Waals surface area contributed by atoms with Gasteiger partial charge in [0, 0.05) is 13.5 Å². The highest BCUT2D eigenvalue weighted by Gasteiger charge is 2.32. The van der Waals surface area contributed by atoms with Crippen molar-refractivity contribution in [3.05, 3.63) is 59.9 Å². The lowest BCUT2D eigenvalue weighted by atomic mass is 9.86. The fraction of sp³-hybridized carbons (Fsp3) is 0.286. The van der Waals surface area contributed by atoms with Gasteiger partial charge in [-0.2, -0.15) is 0 Å². The maximum absolute atomic E-state index is 5.69. The van der Waals surface area contributed by atoms with Gasteiger partial charge in [0.2, 0.25) is 0 Å². The number of hydrogen-bond acceptors (Lipinski definition) is 2. The molecule has 1 aromatic carbocycles. The predicted octanol–water partition coefficient (Wildman–Crippen LogP) is 3.02. The summed E-state index contributed by atoms with van der Waals surface area (Å²) in [5.74, 6) is 0.938. The molecule has 0 spiro atoms. The van der Waals surface area contributed by atoms with E-state index in [-0.39, 0.29) is 5.60 Å². The van der Waals surface area contributed by atoms with Gasteiger partial charge >= 0.3 is 0 Å². The van der Waals surface area contributed by atoms with Crippen LogP contribution < -0.4 is 0 Å². The lowest BCUT2D eigenvalue weighted by Crippen LogP contribution is -2.28. The van der Waals surface area contributed by atoms with Crippen LogP contribution >= 0.6 is 0 Å². The van der Waals surface area contributed by atoms with Crippen LogP contribution in [0.5, 0.6) is 0 Å². The number of hydrogen-bond donors (Lipinski definition) is 0. The Morgan fingerprint density at radius 1 is 1.12 bits per heavy atom. The average molecular weight is 216 g/mol. The van der Waals surface area contributed by atoms with E-state index in [2.05, 4.69) is 18.2 Å². The Balaban J connectivity index is 2.36. The van der Waals surface area contributed by atoms with Crippen molar-refractivity contribution in [3.8, 4) is 0 Å². The second kappa shape index (κ2) is 4.54. The molecule has 0 aliphatic heterocycles.